The maximum absolute atomic E-state index is 12.1. The van der Waals surface area contributed by atoms with Crippen molar-refractivity contribution in [2.75, 3.05) is 0 Å². The van der Waals surface area contributed by atoms with Crippen molar-refractivity contribution in [2.45, 2.75) is 46.0 Å². The summed E-state index contributed by atoms with van der Waals surface area (Å²) in [6.07, 6.45) is 4.54. The average molecular weight is 291 g/mol. The van der Waals surface area contributed by atoms with Crippen molar-refractivity contribution in [3.63, 3.8) is 0 Å². The Morgan fingerprint density at radius 3 is 2.85 bits per heavy atom. The minimum absolute atomic E-state index is 0.0481. The predicted octanol–water partition coefficient (Wildman–Crippen LogP) is 4.52. The molecule has 1 aromatic carbocycles. The van der Waals surface area contributed by atoms with Crippen molar-refractivity contribution >= 4 is 23.0 Å². The van der Waals surface area contributed by atoms with Gasteiger partial charge in [0.2, 0.25) is 0 Å². The van der Waals surface area contributed by atoms with Crippen LogP contribution in [0.5, 0.6) is 5.75 Å². The lowest BCUT2D eigenvalue weighted by Gasteiger charge is -2.35. The molecule has 0 saturated carbocycles. The lowest BCUT2D eigenvalue weighted by molar-refractivity contribution is -0.116. The van der Waals surface area contributed by atoms with Crippen molar-refractivity contribution < 1.29 is 9.90 Å². The molecule has 106 valence electrons. The number of ketones is 1. The average Bonchev–Trinajstić information content (AvgIpc) is 2.75. The van der Waals surface area contributed by atoms with E-state index in [4.69, 9.17) is 11.6 Å². The number of carbonyl (C=O) groups is 1. The number of rotatable bonds is 2. The highest BCUT2D eigenvalue weighted by Crippen LogP contribution is 2.58. The maximum atomic E-state index is 12.1. The van der Waals surface area contributed by atoms with Crippen LogP contribution < -0.4 is 0 Å². The van der Waals surface area contributed by atoms with E-state index in [1.807, 2.05) is 13.0 Å². The molecule has 2 aliphatic rings. The Morgan fingerprint density at radius 2 is 2.15 bits per heavy atom. The molecule has 0 heterocycles. The summed E-state index contributed by atoms with van der Waals surface area (Å²) in [4.78, 5) is 12.1. The molecule has 0 saturated heterocycles. The standard InChI is InChI=1S/C17H19ClO2/c1-3-7-17-8-6-13(19)10(2)15(17)11-4-5-14(20)16(18)12(11)9-17/h4-5,20H,3,6-9H2,1-2H3. The van der Waals surface area contributed by atoms with Crippen molar-refractivity contribution in [2.24, 2.45) is 5.41 Å². The van der Waals surface area contributed by atoms with E-state index in [-0.39, 0.29) is 16.9 Å². The van der Waals surface area contributed by atoms with E-state index in [2.05, 4.69) is 6.92 Å². The molecule has 1 unspecified atom stereocenters. The summed E-state index contributed by atoms with van der Waals surface area (Å²) in [7, 11) is 0. The molecule has 1 atom stereocenters. The van der Waals surface area contributed by atoms with Crippen molar-refractivity contribution in [1.29, 1.82) is 0 Å². The number of Topliss-reactive ketones (excluding diaryl/α,β-unsaturated/α-hetero) is 1. The smallest absolute Gasteiger partial charge is 0.158 e. The molecule has 1 N–H and O–H groups in total. The fourth-order valence-corrected chi connectivity index (χ4v) is 4.27. The molecule has 0 aromatic heterocycles. The van der Waals surface area contributed by atoms with Gasteiger partial charge in [-0.1, -0.05) is 31.0 Å². The molecule has 3 rings (SSSR count). The van der Waals surface area contributed by atoms with Gasteiger partial charge in [-0.2, -0.15) is 0 Å². The highest BCUT2D eigenvalue weighted by molar-refractivity contribution is 6.33. The molecule has 1 aromatic rings. The zero-order valence-corrected chi connectivity index (χ0v) is 12.7. The van der Waals surface area contributed by atoms with Crippen molar-refractivity contribution in [1.82, 2.24) is 0 Å². The number of allylic oxidation sites excluding steroid dienone is 2. The Morgan fingerprint density at radius 1 is 1.40 bits per heavy atom. The minimum Gasteiger partial charge on any atom is -0.506 e. The van der Waals surface area contributed by atoms with Gasteiger partial charge in [-0.15, -0.1) is 0 Å². The first-order valence-corrected chi connectivity index (χ1v) is 7.63. The Balaban J connectivity index is 2.26. The third-order valence-corrected chi connectivity index (χ3v) is 5.31. The van der Waals surface area contributed by atoms with E-state index in [9.17, 15) is 9.90 Å². The number of fused-ring (bicyclic) bond motifs is 3. The van der Waals surface area contributed by atoms with E-state index in [1.165, 1.54) is 5.57 Å². The largest absolute Gasteiger partial charge is 0.506 e. The van der Waals surface area contributed by atoms with E-state index in [0.29, 0.717) is 11.4 Å². The predicted molar refractivity (Wildman–Crippen MR) is 81.0 cm³/mol. The van der Waals surface area contributed by atoms with Gasteiger partial charge in [-0.3, -0.25) is 4.79 Å². The van der Waals surface area contributed by atoms with Gasteiger partial charge in [-0.05, 0) is 54.5 Å². The van der Waals surface area contributed by atoms with Gasteiger partial charge >= 0.3 is 0 Å². The zero-order valence-electron chi connectivity index (χ0n) is 11.9. The van der Waals surface area contributed by atoms with Gasteiger partial charge in [0, 0.05) is 11.8 Å². The first-order chi connectivity index (χ1) is 9.50. The van der Waals surface area contributed by atoms with Gasteiger partial charge in [-0.25, -0.2) is 0 Å². The topological polar surface area (TPSA) is 37.3 Å². The van der Waals surface area contributed by atoms with Gasteiger partial charge < -0.3 is 5.11 Å². The fourth-order valence-electron chi connectivity index (χ4n) is 4.04. The highest BCUT2D eigenvalue weighted by atomic mass is 35.5. The van der Waals surface area contributed by atoms with E-state index in [0.717, 1.165) is 42.4 Å². The first-order valence-electron chi connectivity index (χ1n) is 7.25. The Hall–Kier alpha value is -1.28. The summed E-state index contributed by atoms with van der Waals surface area (Å²) < 4.78 is 0. The molecular formula is C17H19ClO2. The second-order valence-electron chi connectivity index (χ2n) is 6.06. The number of hydrogen-bond donors (Lipinski definition) is 1. The summed E-state index contributed by atoms with van der Waals surface area (Å²) in [6, 6.07) is 3.56. The van der Waals surface area contributed by atoms with Crippen LogP contribution in [0.25, 0.3) is 5.57 Å². The van der Waals surface area contributed by atoms with Crippen molar-refractivity contribution in [3.8, 4) is 5.75 Å². The number of phenolic OH excluding ortho intramolecular Hbond substituents is 1. The Labute approximate surface area is 124 Å². The Kier molecular flexibility index (Phi) is 3.17. The fraction of sp³-hybridized carbons (Fsp3) is 0.471. The summed E-state index contributed by atoms with van der Waals surface area (Å²) >= 11 is 6.29. The number of halogens is 1. The maximum Gasteiger partial charge on any atom is 0.158 e. The van der Waals surface area contributed by atoms with Crippen LogP contribution in [-0.4, -0.2) is 10.9 Å². The van der Waals surface area contributed by atoms with Crippen LogP contribution in [0.2, 0.25) is 5.02 Å². The number of phenols is 1. The lowest BCUT2D eigenvalue weighted by Crippen LogP contribution is -2.27. The molecule has 0 radical (unpaired) electrons. The SMILES string of the molecule is CCCC12CCC(=O)C(C)=C1c1ccc(O)c(Cl)c1C2. The number of hydrogen-bond acceptors (Lipinski definition) is 2. The molecule has 0 spiro atoms. The Bertz CT molecular complexity index is 630. The van der Waals surface area contributed by atoms with Gasteiger partial charge in [0.05, 0.1) is 5.02 Å². The second-order valence-corrected chi connectivity index (χ2v) is 6.43. The van der Waals surface area contributed by atoms with Crippen LogP contribution in [0.4, 0.5) is 0 Å². The highest BCUT2D eigenvalue weighted by Gasteiger charge is 2.46. The molecular weight excluding hydrogens is 272 g/mol. The van der Waals surface area contributed by atoms with Crippen LogP contribution in [0.3, 0.4) is 0 Å². The van der Waals surface area contributed by atoms with Gasteiger partial charge in [0.1, 0.15) is 5.75 Å². The second kappa shape index (κ2) is 4.63. The van der Waals surface area contributed by atoms with Crippen LogP contribution in [0.1, 0.15) is 50.7 Å². The van der Waals surface area contributed by atoms with E-state index in [1.54, 1.807) is 6.07 Å². The van der Waals surface area contributed by atoms with Crippen LogP contribution >= 0.6 is 11.6 Å². The third-order valence-electron chi connectivity index (χ3n) is 4.89. The molecule has 0 amide bonds. The summed E-state index contributed by atoms with van der Waals surface area (Å²) in [5, 5.41) is 10.3. The summed E-state index contributed by atoms with van der Waals surface area (Å²) in [5.41, 5.74) is 4.22. The van der Waals surface area contributed by atoms with Crippen molar-refractivity contribution in [3.05, 3.63) is 33.9 Å². The molecule has 0 fully saturated rings. The molecule has 3 heteroatoms. The van der Waals surface area contributed by atoms with E-state index < -0.39 is 0 Å². The van der Waals surface area contributed by atoms with Gasteiger partial charge in [0.15, 0.2) is 5.78 Å². The zero-order chi connectivity index (χ0) is 14.5. The molecule has 0 bridgehead atoms. The summed E-state index contributed by atoms with van der Waals surface area (Å²) in [6.45, 7) is 4.12. The molecule has 2 aliphatic carbocycles. The first kappa shape index (κ1) is 13.7. The molecule has 0 aliphatic heterocycles. The monoisotopic (exact) mass is 290 g/mol. The number of carbonyl (C=O) groups excluding carboxylic acids is 1. The third kappa shape index (κ3) is 1.74. The molecule has 2 nitrogen and oxygen atoms in total. The van der Waals surface area contributed by atoms with E-state index >= 15 is 0 Å². The van der Waals surface area contributed by atoms with Crippen LogP contribution in [0, 0.1) is 5.41 Å². The van der Waals surface area contributed by atoms with Crippen LogP contribution in [-0.2, 0) is 11.2 Å². The summed E-state index contributed by atoms with van der Waals surface area (Å²) in [5.74, 6) is 0.393. The molecule has 20 heavy (non-hydrogen) atoms. The normalized spacial score (nSPS) is 24.9. The van der Waals surface area contributed by atoms with Crippen LogP contribution in [0.15, 0.2) is 17.7 Å². The lowest BCUT2D eigenvalue weighted by atomic mass is 9.67. The number of benzene rings is 1. The van der Waals surface area contributed by atoms with Gasteiger partial charge in [0.25, 0.3) is 0 Å². The minimum atomic E-state index is 0.0481. The quantitative estimate of drug-likeness (QED) is 0.869. The number of aromatic hydroxyl groups is 1.